The predicted molar refractivity (Wildman–Crippen MR) is 98.1 cm³/mol. The molecule has 1 unspecified atom stereocenters. The van der Waals surface area contributed by atoms with Gasteiger partial charge in [0.2, 0.25) is 11.8 Å². The molecule has 1 aromatic rings. The zero-order chi connectivity index (χ0) is 18.5. The number of benzene rings is 1. The van der Waals surface area contributed by atoms with Gasteiger partial charge in [0.1, 0.15) is 0 Å². The van der Waals surface area contributed by atoms with Crippen molar-refractivity contribution >= 4 is 17.7 Å². The van der Waals surface area contributed by atoms with Crippen molar-refractivity contribution in [1.29, 1.82) is 0 Å². The largest absolute Gasteiger partial charge is 0.348 e. The van der Waals surface area contributed by atoms with E-state index in [1.165, 1.54) is 24.2 Å². The van der Waals surface area contributed by atoms with Crippen LogP contribution in [0.1, 0.15) is 60.9 Å². The van der Waals surface area contributed by atoms with E-state index in [0.717, 1.165) is 18.4 Å². The van der Waals surface area contributed by atoms with Crippen LogP contribution >= 0.6 is 0 Å². The monoisotopic (exact) mass is 357 g/mol. The number of carbonyl (C=O) groups excluding carboxylic acids is 3. The molecule has 26 heavy (non-hydrogen) atoms. The maximum absolute atomic E-state index is 12.5. The van der Waals surface area contributed by atoms with Gasteiger partial charge in [-0.15, -0.1) is 0 Å². The normalized spacial score (nSPS) is 19.7. The van der Waals surface area contributed by atoms with E-state index in [1.807, 2.05) is 0 Å². The highest BCUT2D eigenvalue weighted by atomic mass is 16.2. The number of rotatable bonds is 6. The molecule has 1 atom stereocenters. The second-order valence-corrected chi connectivity index (χ2v) is 7.28. The molecule has 2 fully saturated rings. The molecule has 1 heterocycles. The summed E-state index contributed by atoms with van der Waals surface area (Å²) in [5.74, 6) is 0.0836. The molecule has 6 heteroatoms. The molecule has 2 aliphatic rings. The van der Waals surface area contributed by atoms with Crippen LogP contribution in [0.4, 0.5) is 0 Å². The summed E-state index contributed by atoms with van der Waals surface area (Å²) >= 11 is 0. The first-order valence-corrected chi connectivity index (χ1v) is 9.51. The van der Waals surface area contributed by atoms with Gasteiger partial charge in [0.05, 0.1) is 6.54 Å². The van der Waals surface area contributed by atoms with E-state index in [2.05, 4.69) is 5.32 Å². The van der Waals surface area contributed by atoms with E-state index in [0.29, 0.717) is 30.9 Å². The van der Waals surface area contributed by atoms with Gasteiger partial charge in [0.25, 0.3) is 5.91 Å². The van der Waals surface area contributed by atoms with Crippen LogP contribution in [0.25, 0.3) is 0 Å². The number of nitrogens with two attached hydrogens (primary N) is 1. The van der Waals surface area contributed by atoms with Crippen molar-refractivity contribution in [2.45, 2.75) is 57.5 Å². The Hall–Kier alpha value is -2.21. The van der Waals surface area contributed by atoms with Gasteiger partial charge in [-0.2, -0.15) is 0 Å². The standard InChI is InChI=1S/C20H27N3O3/c21-12-17(15-4-2-1-3-5-15)22-20(26)16-8-6-14(7-9-16)13-23-18(24)10-11-19(23)25/h6-9,15,17H,1-5,10-13,21H2,(H,22,26). The average molecular weight is 357 g/mol. The SMILES string of the molecule is NCC(NC(=O)c1ccc(CN2C(=O)CCC2=O)cc1)C1CCCCC1. The lowest BCUT2D eigenvalue weighted by Crippen LogP contribution is -2.45. The van der Waals surface area contributed by atoms with Gasteiger partial charge in [-0.3, -0.25) is 19.3 Å². The molecule has 1 saturated heterocycles. The van der Waals surface area contributed by atoms with Gasteiger partial charge in [0, 0.05) is 31.0 Å². The third kappa shape index (κ3) is 4.30. The highest BCUT2D eigenvalue weighted by Crippen LogP contribution is 2.26. The maximum Gasteiger partial charge on any atom is 0.251 e. The van der Waals surface area contributed by atoms with Crippen molar-refractivity contribution in [3.63, 3.8) is 0 Å². The Morgan fingerprint density at radius 1 is 1.08 bits per heavy atom. The minimum Gasteiger partial charge on any atom is -0.348 e. The second kappa shape index (κ2) is 8.45. The number of carbonyl (C=O) groups is 3. The highest BCUT2D eigenvalue weighted by molar-refractivity contribution is 6.01. The number of imide groups is 1. The van der Waals surface area contributed by atoms with E-state index < -0.39 is 0 Å². The van der Waals surface area contributed by atoms with E-state index in [1.54, 1.807) is 24.3 Å². The summed E-state index contributed by atoms with van der Waals surface area (Å²) in [5.41, 5.74) is 7.30. The fourth-order valence-electron chi connectivity index (χ4n) is 3.90. The number of likely N-dealkylation sites (tertiary alicyclic amines) is 1. The van der Waals surface area contributed by atoms with Gasteiger partial charge < -0.3 is 11.1 Å². The molecule has 0 radical (unpaired) electrons. The van der Waals surface area contributed by atoms with Crippen LogP contribution in [-0.2, 0) is 16.1 Å². The number of nitrogens with one attached hydrogen (secondary N) is 1. The molecule has 1 aromatic carbocycles. The zero-order valence-electron chi connectivity index (χ0n) is 15.1. The van der Waals surface area contributed by atoms with Crippen molar-refractivity contribution in [3.8, 4) is 0 Å². The van der Waals surface area contributed by atoms with E-state index >= 15 is 0 Å². The Bertz CT molecular complexity index is 649. The molecule has 6 nitrogen and oxygen atoms in total. The topological polar surface area (TPSA) is 92.5 Å². The Kier molecular flexibility index (Phi) is 6.04. The molecule has 3 rings (SSSR count). The van der Waals surface area contributed by atoms with Crippen LogP contribution in [0.2, 0.25) is 0 Å². The lowest BCUT2D eigenvalue weighted by atomic mass is 9.84. The van der Waals surface area contributed by atoms with Crippen LogP contribution in [0.15, 0.2) is 24.3 Å². The van der Waals surface area contributed by atoms with Gasteiger partial charge in [-0.1, -0.05) is 31.4 Å². The Balaban J connectivity index is 1.59. The molecule has 0 aromatic heterocycles. The number of nitrogens with zero attached hydrogens (tertiary/aromatic N) is 1. The molecule has 1 aliphatic carbocycles. The Labute approximate surface area is 154 Å². The van der Waals surface area contributed by atoms with Crippen LogP contribution in [-0.4, -0.2) is 35.2 Å². The first-order valence-electron chi connectivity index (χ1n) is 9.51. The summed E-state index contributed by atoms with van der Waals surface area (Å²) < 4.78 is 0. The zero-order valence-corrected chi connectivity index (χ0v) is 15.1. The first-order chi connectivity index (χ1) is 12.6. The van der Waals surface area contributed by atoms with E-state index in [9.17, 15) is 14.4 Å². The summed E-state index contributed by atoms with van der Waals surface area (Å²) in [6.45, 7) is 0.723. The predicted octanol–water partition coefficient (Wildman–Crippen LogP) is 1.97. The minimum absolute atomic E-state index is 0.0160. The fourth-order valence-corrected chi connectivity index (χ4v) is 3.90. The summed E-state index contributed by atoms with van der Waals surface area (Å²) in [7, 11) is 0. The molecular formula is C20H27N3O3. The molecule has 1 aliphatic heterocycles. The number of amides is 3. The number of hydrogen-bond acceptors (Lipinski definition) is 4. The quantitative estimate of drug-likeness (QED) is 0.761. The molecule has 3 N–H and O–H groups in total. The van der Waals surface area contributed by atoms with Gasteiger partial charge in [0.15, 0.2) is 0 Å². The molecule has 0 spiro atoms. The van der Waals surface area contributed by atoms with Crippen LogP contribution in [0.5, 0.6) is 0 Å². The summed E-state index contributed by atoms with van der Waals surface area (Å²) in [6.07, 6.45) is 6.52. The summed E-state index contributed by atoms with van der Waals surface area (Å²) in [6, 6.07) is 7.09. The number of hydrogen-bond donors (Lipinski definition) is 2. The van der Waals surface area contributed by atoms with Gasteiger partial charge in [-0.25, -0.2) is 0 Å². The Morgan fingerprint density at radius 2 is 1.69 bits per heavy atom. The lowest BCUT2D eigenvalue weighted by Gasteiger charge is -2.30. The van der Waals surface area contributed by atoms with Crippen molar-refractivity contribution in [2.24, 2.45) is 11.7 Å². The smallest absolute Gasteiger partial charge is 0.251 e. The van der Waals surface area contributed by atoms with E-state index in [-0.39, 0.29) is 30.3 Å². The van der Waals surface area contributed by atoms with Crippen LogP contribution in [0.3, 0.4) is 0 Å². The summed E-state index contributed by atoms with van der Waals surface area (Å²) in [5, 5.41) is 3.08. The van der Waals surface area contributed by atoms with Crippen LogP contribution in [0, 0.1) is 5.92 Å². The second-order valence-electron chi connectivity index (χ2n) is 7.28. The van der Waals surface area contributed by atoms with Gasteiger partial charge >= 0.3 is 0 Å². The molecule has 3 amide bonds. The minimum atomic E-state index is -0.130. The Morgan fingerprint density at radius 3 is 2.27 bits per heavy atom. The lowest BCUT2D eigenvalue weighted by molar-refractivity contribution is -0.139. The van der Waals surface area contributed by atoms with Crippen molar-refractivity contribution in [3.05, 3.63) is 35.4 Å². The third-order valence-corrected chi connectivity index (χ3v) is 5.50. The molecule has 140 valence electrons. The van der Waals surface area contributed by atoms with Crippen molar-refractivity contribution in [1.82, 2.24) is 10.2 Å². The first kappa shape index (κ1) is 18.6. The fraction of sp³-hybridized carbons (Fsp3) is 0.550. The van der Waals surface area contributed by atoms with Gasteiger partial charge in [-0.05, 0) is 36.5 Å². The average Bonchev–Trinajstić information content (AvgIpc) is 2.99. The molecular weight excluding hydrogens is 330 g/mol. The molecule has 0 bridgehead atoms. The van der Waals surface area contributed by atoms with Crippen molar-refractivity contribution < 1.29 is 14.4 Å². The van der Waals surface area contributed by atoms with Crippen molar-refractivity contribution in [2.75, 3.05) is 6.54 Å². The summed E-state index contributed by atoms with van der Waals surface area (Å²) in [4.78, 5) is 37.2. The maximum atomic E-state index is 12.5. The van der Waals surface area contributed by atoms with E-state index in [4.69, 9.17) is 5.73 Å². The highest BCUT2D eigenvalue weighted by Gasteiger charge is 2.29. The van der Waals surface area contributed by atoms with Crippen LogP contribution < -0.4 is 11.1 Å². The third-order valence-electron chi connectivity index (χ3n) is 5.50. The molecule has 1 saturated carbocycles.